The largest absolute Gasteiger partial charge is 0.507 e. The van der Waals surface area contributed by atoms with Gasteiger partial charge in [0.1, 0.15) is 11.5 Å². The number of Topliss-reactive ketones (excluding diaryl/α,β-unsaturated/α-hetero) is 1. The maximum Gasteiger partial charge on any atom is 0.296 e. The summed E-state index contributed by atoms with van der Waals surface area (Å²) >= 11 is 3.39. The first-order valence-corrected chi connectivity index (χ1v) is 9.32. The Morgan fingerprint density at radius 1 is 1.11 bits per heavy atom. The van der Waals surface area contributed by atoms with Crippen LogP contribution in [-0.2, 0) is 16.1 Å². The Morgan fingerprint density at radius 2 is 1.82 bits per heavy atom. The van der Waals surface area contributed by atoms with Gasteiger partial charge < -0.3 is 14.4 Å². The zero-order chi connectivity index (χ0) is 19.7. The van der Waals surface area contributed by atoms with Crippen molar-refractivity contribution in [3.63, 3.8) is 0 Å². The van der Waals surface area contributed by atoms with Crippen molar-refractivity contribution in [3.8, 4) is 0 Å². The number of hydrogen-bond acceptors (Lipinski definition) is 5. The molecule has 1 aliphatic rings. The predicted octanol–water partition coefficient (Wildman–Crippen LogP) is 4.06. The Bertz CT molecular complexity index is 1040. The highest BCUT2D eigenvalue weighted by Gasteiger charge is 2.46. The molecule has 140 valence electrons. The van der Waals surface area contributed by atoms with Crippen molar-refractivity contribution in [1.29, 1.82) is 0 Å². The van der Waals surface area contributed by atoms with Gasteiger partial charge in [-0.1, -0.05) is 28.1 Å². The summed E-state index contributed by atoms with van der Waals surface area (Å²) in [5, 5.41) is 10.9. The van der Waals surface area contributed by atoms with E-state index in [0.29, 0.717) is 16.9 Å². The van der Waals surface area contributed by atoms with Crippen LogP contribution in [0.15, 0.2) is 81.7 Å². The van der Waals surface area contributed by atoms with Crippen molar-refractivity contribution in [3.05, 3.63) is 94.1 Å². The fourth-order valence-corrected chi connectivity index (χ4v) is 3.53. The average Bonchev–Trinajstić information content (AvgIpc) is 3.31. The van der Waals surface area contributed by atoms with Gasteiger partial charge in [-0.05, 0) is 42.0 Å². The predicted molar refractivity (Wildman–Crippen MR) is 105 cm³/mol. The molecular formula is C21H15BrN2O4. The number of furan rings is 1. The molecule has 0 bridgehead atoms. The molecule has 1 aliphatic heterocycles. The van der Waals surface area contributed by atoms with Gasteiger partial charge in [-0.15, -0.1) is 0 Å². The number of rotatable bonds is 4. The van der Waals surface area contributed by atoms with Gasteiger partial charge in [0.25, 0.3) is 11.7 Å². The monoisotopic (exact) mass is 438 g/mol. The molecule has 28 heavy (non-hydrogen) atoms. The summed E-state index contributed by atoms with van der Waals surface area (Å²) in [7, 11) is 0. The van der Waals surface area contributed by atoms with Crippen LogP contribution in [0.1, 0.15) is 22.9 Å². The Balaban J connectivity index is 1.86. The second-order valence-electron chi connectivity index (χ2n) is 6.29. The number of nitrogens with zero attached hydrogens (tertiary/aromatic N) is 2. The van der Waals surface area contributed by atoms with Crippen LogP contribution in [0.2, 0.25) is 0 Å². The molecule has 0 spiro atoms. The Labute approximate surface area is 169 Å². The lowest BCUT2D eigenvalue weighted by Crippen LogP contribution is -2.29. The van der Waals surface area contributed by atoms with E-state index >= 15 is 0 Å². The van der Waals surface area contributed by atoms with Crippen molar-refractivity contribution in [2.75, 3.05) is 0 Å². The zero-order valence-corrected chi connectivity index (χ0v) is 16.2. The lowest BCUT2D eigenvalue weighted by molar-refractivity contribution is -0.140. The highest BCUT2D eigenvalue weighted by molar-refractivity contribution is 9.10. The summed E-state index contributed by atoms with van der Waals surface area (Å²) < 4.78 is 6.23. The number of aromatic nitrogens is 1. The first kappa shape index (κ1) is 18.2. The van der Waals surface area contributed by atoms with Crippen LogP contribution in [0.5, 0.6) is 0 Å². The lowest BCUT2D eigenvalue weighted by atomic mass is 9.95. The molecule has 2 aromatic heterocycles. The van der Waals surface area contributed by atoms with Crippen LogP contribution in [0.3, 0.4) is 0 Å². The van der Waals surface area contributed by atoms with E-state index in [1.165, 1.54) is 23.6 Å². The van der Waals surface area contributed by atoms with E-state index < -0.39 is 17.7 Å². The Kier molecular flexibility index (Phi) is 4.83. The number of pyridine rings is 1. The molecule has 0 saturated carbocycles. The fraction of sp³-hybridized carbons (Fsp3) is 0.0952. The van der Waals surface area contributed by atoms with Crippen LogP contribution >= 0.6 is 15.9 Å². The summed E-state index contributed by atoms with van der Waals surface area (Å²) in [5.41, 5.74) is 1.18. The first-order chi connectivity index (χ1) is 13.6. The van der Waals surface area contributed by atoms with Crippen molar-refractivity contribution in [2.45, 2.75) is 12.6 Å². The zero-order valence-electron chi connectivity index (χ0n) is 14.6. The molecule has 3 heterocycles. The molecule has 6 nitrogen and oxygen atoms in total. The molecule has 1 saturated heterocycles. The highest BCUT2D eigenvalue weighted by atomic mass is 79.9. The fourth-order valence-electron chi connectivity index (χ4n) is 3.27. The third-order valence-electron chi connectivity index (χ3n) is 4.59. The number of benzene rings is 1. The smallest absolute Gasteiger partial charge is 0.296 e. The van der Waals surface area contributed by atoms with Crippen LogP contribution in [-0.4, -0.2) is 26.7 Å². The van der Waals surface area contributed by atoms with Crippen molar-refractivity contribution in [2.24, 2.45) is 0 Å². The minimum atomic E-state index is -0.730. The number of aliphatic hydroxyl groups is 1. The van der Waals surface area contributed by atoms with Crippen molar-refractivity contribution >= 4 is 33.4 Å². The number of amides is 1. The molecular weight excluding hydrogens is 424 g/mol. The summed E-state index contributed by atoms with van der Waals surface area (Å²) in [6, 6.07) is 13.2. The highest BCUT2D eigenvalue weighted by Crippen LogP contribution is 2.40. The van der Waals surface area contributed by atoms with Gasteiger partial charge in [0.15, 0.2) is 0 Å². The van der Waals surface area contributed by atoms with E-state index in [1.54, 1.807) is 24.3 Å². The number of carbonyl (C=O) groups excluding carboxylic acids is 2. The SMILES string of the molecule is O=C1C(=O)N(Cc2ccco2)C(c2ccc(Br)cc2)C1=C(O)c1ccncc1. The molecule has 7 heteroatoms. The summed E-state index contributed by atoms with van der Waals surface area (Å²) in [5.74, 6) is -1.09. The quantitative estimate of drug-likeness (QED) is 0.377. The van der Waals surface area contributed by atoms with Gasteiger partial charge in [-0.2, -0.15) is 0 Å². The van der Waals surface area contributed by atoms with E-state index in [-0.39, 0.29) is 17.9 Å². The van der Waals surface area contributed by atoms with E-state index in [9.17, 15) is 14.7 Å². The van der Waals surface area contributed by atoms with Gasteiger partial charge in [-0.25, -0.2) is 0 Å². The van der Waals surface area contributed by atoms with Crippen molar-refractivity contribution < 1.29 is 19.1 Å². The minimum absolute atomic E-state index is 0.0464. The molecule has 1 fully saturated rings. The molecule has 3 aromatic rings. The summed E-state index contributed by atoms with van der Waals surface area (Å²) in [6.45, 7) is 0.116. The second-order valence-corrected chi connectivity index (χ2v) is 7.21. The molecule has 4 rings (SSSR count). The number of hydrogen-bond donors (Lipinski definition) is 1. The van der Waals surface area contributed by atoms with Crippen LogP contribution in [0.25, 0.3) is 5.76 Å². The van der Waals surface area contributed by atoms with Crippen LogP contribution < -0.4 is 0 Å². The molecule has 1 unspecified atom stereocenters. The van der Waals surface area contributed by atoms with E-state index in [2.05, 4.69) is 20.9 Å². The van der Waals surface area contributed by atoms with Gasteiger partial charge in [0.2, 0.25) is 0 Å². The summed E-state index contributed by atoms with van der Waals surface area (Å²) in [6.07, 6.45) is 4.54. The average molecular weight is 439 g/mol. The second kappa shape index (κ2) is 7.44. The maximum absolute atomic E-state index is 12.8. The molecule has 0 radical (unpaired) electrons. The van der Waals surface area contributed by atoms with E-state index in [4.69, 9.17) is 4.42 Å². The maximum atomic E-state index is 12.8. The molecule has 1 N–H and O–H groups in total. The van der Waals surface area contributed by atoms with Gasteiger partial charge in [0.05, 0.1) is 24.4 Å². The number of aliphatic hydroxyl groups excluding tert-OH is 1. The lowest BCUT2D eigenvalue weighted by Gasteiger charge is -2.24. The molecule has 1 amide bonds. The molecule has 1 atom stereocenters. The minimum Gasteiger partial charge on any atom is -0.507 e. The van der Waals surface area contributed by atoms with Gasteiger partial charge in [0, 0.05) is 22.4 Å². The number of carbonyl (C=O) groups is 2. The van der Waals surface area contributed by atoms with Gasteiger partial charge >= 0.3 is 0 Å². The number of halogens is 1. The third kappa shape index (κ3) is 3.25. The van der Waals surface area contributed by atoms with Crippen molar-refractivity contribution in [1.82, 2.24) is 9.88 Å². The van der Waals surface area contributed by atoms with Crippen LogP contribution in [0, 0.1) is 0 Å². The number of ketones is 1. The molecule has 1 aromatic carbocycles. The van der Waals surface area contributed by atoms with Gasteiger partial charge in [-0.3, -0.25) is 14.6 Å². The van der Waals surface area contributed by atoms with Crippen LogP contribution in [0.4, 0.5) is 0 Å². The normalized spacial score (nSPS) is 18.6. The number of likely N-dealkylation sites (tertiary alicyclic amines) is 1. The summed E-state index contributed by atoms with van der Waals surface area (Å²) in [4.78, 5) is 31.0. The Hall–Kier alpha value is -3.19. The van der Waals surface area contributed by atoms with E-state index in [1.807, 2.05) is 24.3 Å². The van der Waals surface area contributed by atoms with E-state index in [0.717, 1.165) is 4.47 Å². The first-order valence-electron chi connectivity index (χ1n) is 8.53. The third-order valence-corrected chi connectivity index (χ3v) is 5.11. The molecule has 0 aliphatic carbocycles. The topological polar surface area (TPSA) is 83.6 Å². The Morgan fingerprint density at radius 3 is 2.46 bits per heavy atom. The standard InChI is InChI=1S/C21H15BrN2O4/c22-15-5-3-13(4-6-15)18-17(19(25)14-7-9-23-10-8-14)20(26)21(27)24(18)12-16-2-1-11-28-16/h1-11,18,25H,12H2.